The number of aromatic nitrogens is 3. The number of hydrogen-bond acceptors (Lipinski definition) is 7. The highest BCUT2D eigenvalue weighted by molar-refractivity contribution is 7.92. The topological polar surface area (TPSA) is 119 Å². The minimum absolute atomic E-state index is 0.0000555. The van der Waals surface area contributed by atoms with Crippen LogP contribution in [0.1, 0.15) is 5.56 Å². The Labute approximate surface area is 188 Å². The Kier molecular flexibility index (Phi) is 5.93. The molecule has 0 radical (unpaired) electrons. The summed E-state index contributed by atoms with van der Waals surface area (Å²) >= 11 is 0. The van der Waals surface area contributed by atoms with Crippen LogP contribution in [0.25, 0.3) is 5.69 Å². The van der Waals surface area contributed by atoms with Crippen LogP contribution in [0.15, 0.2) is 78.1 Å². The van der Waals surface area contributed by atoms with Crippen LogP contribution in [0.4, 0.5) is 10.2 Å². The van der Waals surface area contributed by atoms with Crippen molar-refractivity contribution in [1.82, 2.24) is 14.8 Å². The van der Waals surface area contributed by atoms with Crippen LogP contribution >= 0.6 is 0 Å². The molecule has 0 saturated heterocycles. The highest BCUT2D eigenvalue weighted by atomic mass is 32.2. The molecule has 33 heavy (non-hydrogen) atoms. The zero-order valence-electron chi connectivity index (χ0n) is 17.1. The van der Waals surface area contributed by atoms with Gasteiger partial charge in [-0.05, 0) is 48.5 Å². The molecule has 0 spiro atoms. The Hall–Kier alpha value is -4.43. The second-order valence-corrected chi connectivity index (χ2v) is 8.31. The van der Waals surface area contributed by atoms with Crippen LogP contribution in [0.5, 0.6) is 17.2 Å². The molecule has 2 heterocycles. The summed E-state index contributed by atoms with van der Waals surface area (Å²) in [7, 11) is -2.55. The van der Waals surface area contributed by atoms with Gasteiger partial charge in [-0.25, -0.2) is 22.5 Å². The lowest BCUT2D eigenvalue weighted by Crippen LogP contribution is -2.14. The molecule has 4 rings (SSSR count). The molecular weight excluding hydrogens is 449 g/mol. The average molecular weight is 465 g/mol. The van der Waals surface area contributed by atoms with Crippen molar-refractivity contribution in [3.05, 3.63) is 84.6 Å². The molecule has 0 unspecified atom stereocenters. The SMILES string of the molecule is COc1cc(Oc2ccc(S(=O)(=O)Nc3ccc(F)cn3)cc2C#N)ccc1-n1cccn1. The Morgan fingerprint density at radius 1 is 1.12 bits per heavy atom. The summed E-state index contributed by atoms with van der Waals surface area (Å²) in [6, 6.07) is 14.9. The standard InChI is InChI=1S/C22H16FN5O4S/c1-31-21-12-17(4-6-19(21)28-10-2-9-26-28)32-20-7-5-18(11-15(20)13-24)33(29,30)27-22-8-3-16(23)14-25-22/h2-12,14H,1H3,(H,25,27). The number of nitrogens with zero attached hydrogens (tertiary/aromatic N) is 4. The Balaban J connectivity index is 1.60. The van der Waals surface area contributed by atoms with E-state index in [-0.39, 0.29) is 22.0 Å². The number of rotatable bonds is 7. The minimum atomic E-state index is -4.06. The molecule has 2 aromatic carbocycles. The Morgan fingerprint density at radius 3 is 2.64 bits per heavy atom. The maximum Gasteiger partial charge on any atom is 0.263 e. The molecule has 0 aliphatic carbocycles. The van der Waals surface area contributed by atoms with Crippen molar-refractivity contribution in [1.29, 1.82) is 5.26 Å². The van der Waals surface area contributed by atoms with Crippen LogP contribution in [-0.2, 0) is 10.0 Å². The van der Waals surface area contributed by atoms with Gasteiger partial charge in [-0.2, -0.15) is 10.4 Å². The lowest BCUT2D eigenvalue weighted by Gasteiger charge is -2.13. The van der Waals surface area contributed by atoms with Gasteiger partial charge in [0, 0.05) is 18.5 Å². The Morgan fingerprint density at radius 2 is 1.97 bits per heavy atom. The molecule has 0 fully saturated rings. The largest absolute Gasteiger partial charge is 0.494 e. The summed E-state index contributed by atoms with van der Waals surface area (Å²) < 4.78 is 53.4. The molecule has 0 aliphatic rings. The van der Waals surface area contributed by atoms with E-state index < -0.39 is 15.8 Å². The first-order valence-electron chi connectivity index (χ1n) is 9.44. The highest BCUT2D eigenvalue weighted by Gasteiger charge is 2.18. The molecule has 0 saturated carbocycles. The third-order valence-electron chi connectivity index (χ3n) is 4.48. The van der Waals surface area contributed by atoms with Gasteiger partial charge in [-0.1, -0.05) is 0 Å². The molecule has 2 aromatic heterocycles. The maximum absolute atomic E-state index is 13.0. The molecular formula is C22H16FN5O4S. The molecule has 4 aromatic rings. The normalized spacial score (nSPS) is 10.9. The van der Waals surface area contributed by atoms with Gasteiger partial charge in [0.1, 0.15) is 40.6 Å². The van der Waals surface area contributed by atoms with Gasteiger partial charge in [0.15, 0.2) is 0 Å². The van der Waals surface area contributed by atoms with Crippen molar-refractivity contribution in [3.8, 4) is 29.0 Å². The van der Waals surface area contributed by atoms with Gasteiger partial charge >= 0.3 is 0 Å². The highest BCUT2D eigenvalue weighted by Crippen LogP contribution is 2.32. The lowest BCUT2D eigenvalue weighted by molar-refractivity contribution is 0.406. The molecule has 0 atom stereocenters. The van der Waals surface area contributed by atoms with Crippen molar-refractivity contribution in [2.45, 2.75) is 4.90 Å². The van der Waals surface area contributed by atoms with Crippen LogP contribution in [-0.4, -0.2) is 30.3 Å². The third kappa shape index (κ3) is 4.76. The number of sulfonamides is 1. The predicted molar refractivity (Wildman–Crippen MR) is 116 cm³/mol. The van der Waals surface area contributed by atoms with Crippen LogP contribution in [0.3, 0.4) is 0 Å². The van der Waals surface area contributed by atoms with Gasteiger partial charge in [0.25, 0.3) is 10.0 Å². The maximum atomic E-state index is 13.0. The molecule has 9 nitrogen and oxygen atoms in total. The number of benzene rings is 2. The first-order valence-corrected chi connectivity index (χ1v) is 10.9. The number of nitriles is 1. The lowest BCUT2D eigenvalue weighted by atomic mass is 10.2. The number of anilines is 1. The van der Waals surface area contributed by atoms with Crippen LogP contribution < -0.4 is 14.2 Å². The van der Waals surface area contributed by atoms with E-state index >= 15 is 0 Å². The van der Waals surface area contributed by atoms with Crippen LogP contribution in [0, 0.1) is 17.1 Å². The Bertz CT molecular complexity index is 1430. The van der Waals surface area contributed by atoms with Crippen molar-refractivity contribution < 1.29 is 22.3 Å². The zero-order valence-corrected chi connectivity index (χ0v) is 18.0. The van der Waals surface area contributed by atoms with Gasteiger partial charge < -0.3 is 9.47 Å². The van der Waals surface area contributed by atoms with E-state index in [9.17, 15) is 18.1 Å². The minimum Gasteiger partial charge on any atom is -0.494 e. The zero-order chi connectivity index (χ0) is 23.4. The van der Waals surface area contributed by atoms with Gasteiger partial charge in [0.05, 0.1) is 23.8 Å². The molecule has 11 heteroatoms. The number of methoxy groups -OCH3 is 1. The number of hydrogen-bond donors (Lipinski definition) is 1. The number of pyridine rings is 1. The summed E-state index contributed by atoms with van der Waals surface area (Å²) in [4.78, 5) is 3.50. The third-order valence-corrected chi connectivity index (χ3v) is 5.83. The fourth-order valence-electron chi connectivity index (χ4n) is 2.93. The molecule has 166 valence electrons. The van der Waals surface area contributed by atoms with E-state index in [1.54, 1.807) is 41.3 Å². The average Bonchev–Trinajstić information content (AvgIpc) is 3.35. The van der Waals surface area contributed by atoms with E-state index in [1.165, 1.54) is 31.4 Å². The first kappa shape index (κ1) is 21.8. The van der Waals surface area contributed by atoms with E-state index in [0.717, 1.165) is 12.3 Å². The van der Waals surface area contributed by atoms with Crippen LogP contribution in [0.2, 0.25) is 0 Å². The van der Waals surface area contributed by atoms with Crippen molar-refractivity contribution in [2.24, 2.45) is 0 Å². The predicted octanol–water partition coefficient (Wildman–Crippen LogP) is 3.88. The van der Waals surface area contributed by atoms with Gasteiger partial charge in [0.2, 0.25) is 0 Å². The fraction of sp³-hybridized carbons (Fsp3) is 0.0455. The quantitative estimate of drug-likeness (QED) is 0.440. The number of nitrogens with one attached hydrogen (secondary N) is 1. The van der Waals surface area contributed by atoms with Crippen molar-refractivity contribution in [3.63, 3.8) is 0 Å². The van der Waals surface area contributed by atoms with Gasteiger partial charge in [-0.15, -0.1) is 0 Å². The van der Waals surface area contributed by atoms with Crippen molar-refractivity contribution >= 4 is 15.8 Å². The van der Waals surface area contributed by atoms with Crippen molar-refractivity contribution in [2.75, 3.05) is 11.8 Å². The van der Waals surface area contributed by atoms with Gasteiger partial charge in [-0.3, -0.25) is 4.72 Å². The molecule has 0 bridgehead atoms. The summed E-state index contributed by atoms with van der Waals surface area (Å²) in [6.07, 6.45) is 4.29. The second-order valence-electron chi connectivity index (χ2n) is 6.62. The van der Waals surface area contributed by atoms with E-state index in [0.29, 0.717) is 17.2 Å². The fourth-order valence-corrected chi connectivity index (χ4v) is 3.97. The molecule has 0 amide bonds. The molecule has 1 N–H and O–H groups in total. The van der Waals surface area contributed by atoms with E-state index in [1.807, 2.05) is 6.07 Å². The number of halogens is 1. The van der Waals surface area contributed by atoms with E-state index in [2.05, 4.69) is 14.8 Å². The summed E-state index contributed by atoms with van der Waals surface area (Å²) in [6.45, 7) is 0. The molecule has 0 aliphatic heterocycles. The first-order chi connectivity index (χ1) is 15.9. The van der Waals surface area contributed by atoms with E-state index in [4.69, 9.17) is 9.47 Å². The monoisotopic (exact) mass is 465 g/mol. The number of ether oxygens (including phenoxy) is 2. The summed E-state index contributed by atoms with van der Waals surface area (Å²) in [5.74, 6) is 0.374. The summed E-state index contributed by atoms with van der Waals surface area (Å²) in [5.41, 5.74) is 0.692. The smallest absolute Gasteiger partial charge is 0.263 e. The summed E-state index contributed by atoms with van der Waals surface area (Å²) in [5, 5.41) is 13.7. The second kappa shape index (κ2) is 8.97.